The van der Waals surface area contributed by atoms with Crippen LogP contribution < -0.4 is 9.47 Å². The quantitative estimate of drug-likeness (QED) is 0.481. The van der Waals surface area contributed by atoms with Crippen LogP contribution in [0.3, 0.4) is 0 Å². The van der Waals surface area contributed by atoms with Crippen LogP contribution in [0.2, 0.25) is 10.0 Å². The molecule has 29 heavy (non-hydrogen) atoms. The minimum Gasteiger partial charge on any atom is -0.493 e. The average Bonchev–Trinajstić information content (AvgIpc) is 2.94. The first-order valence-corrected chi connectivity index (χ1v) is 10.6. The number of hydrogen-bond donors (Lipinski definition) is 0. The molecule has 0 N–H and O–H groups in total. The summed E-state index contributed by atoms with van der Waals surface area (Å²) < 4.78 is 11.2. The first kappa shape index (κ1) is 21.6. The first-order valence-electron chi connectivity index (χ1n) is 9.01. The van der Waals surface area contributed by atoms with Gasteiger partial charge in [0.1, 0.15) is 11.5 Å². The molecular weight excluding hydrogens is 433 g/mol. The van der Waals surface area contributed by atoms with Crippen LogP contribution in [0.4, 0.5) is 4.79 Å². The summed E-state index contributed by atoms with van der Waals surface area (Å²) in [5.74, 6) is 0.679. The Labute approximate surface area is 183 Å². The maximum absolute atomic E-state index is 12.8. The number of rotatable bonds is 7. The molecular formula is C21H19Cl2NO4S. The molecule has 2 aromatic carbocycles. The monoisotopic (exact) mass is 451 g/mol. The van der Waals surface area contributed by atoms with E-state index < -0.39 is 0 Å². The largest absolute Gasteiger partial charge is 0.493 e. The van der Waals surface area contributed by atoms with E-state index >= 15 is 0 Å². The molecule has 0 unspecified atom stereocenters. The lowest BCUT2D eigenvalue weighted by Crippen LogP contribution is -2.27. The third-order valence-electron chi connectivity index (χ3n) is 4.08. The Hall–Kier alpha value is -2.15. The Morgan fingerprint density at radius 2 is 1.66 bits per heavy atom. The van der Waals surface area contributed by atoms with E-state index in [0.717, 1.165) is 17.3 Å². The van der Waals surface area contributed by atoms with Crippen LogP contribution in [0.1, 0.15) is 25.0 Å². The zero-order chi connectivity index (χ0) is 21.0. The van der Waals surface area contributed by atoms with E-state index in [0.29, 0.717) is 45.2 Å². The van der Waals surface area contributed by atoms with Gasteiger partial charge in [-0.15, -0.1) is 0 Å². The molecule has 1 fully saturated rings. The van der Waals surface area contributed by atoms with Crippen LogP contribution in [0.25, 0.3) is 6.08 Å². The molecule has 0 bridgehead atoms. The zero-order valence-corrected chi connectivity index (χ0v) is 18.2. The Bertz CT molecular complexity index is 960. The van der Waals surface area contributed by atoms with E-state index in [-0.39, 0.29) is 17.7 Å². The van der Waals surface area contributed by atoms with E-state index in [1.54, 1.807) is 42.5 Å². The lowest BCUT2D eigenvalue weighted by molar-refractivity contribution is -0.123. The number of carbonyl (C=O) groups excluding carboxylic acids is 2. The van der Waals surface area contributed by atoms with Crippen molar-refractivity contribution in [1.82, 2.24) is 4.90 Å². The average molecular weight is 452 g/mol. The summed E-state index contributed by atoms with van der Waals surface area (Å²) in [6, 6.07) is 10.4. The molecule has 0 atom stereocenters. The number of hydrogen-bond acceptors (Lipinski definition) is 5. The lowest BCUT2D eigenvalue weighted by atomic mass is 10.1. The molecule has 8 heteroatoms. The van der Waals surface area contributed by atoms with Gasteiger partial charge in [-0.1, -0.05) is 35.3 Å². The Morgan fingerprint density at radius 1 is 1.00 bits per heavy atom. The molecule has 0 aromatic heterocycles. The van der Waals surface area contributed by atoms with Crippen molar-refractivity contribution in [3.05, 3.63) is 62.5 Å². The van der Waals surface area contributed by atoms with Crippen molar-refractivity contribution < 1.29 is 19.1 Å². The van der Waals surface area contributed by atoms with Gasteiger partial charge in [0.25, 0.3) is 11.1 Å². The van der Waals surface area contributed by atoms with Gasteiger partial charge in [-0.25, -0.2) is 0 Å². The van der Waals surface area contributed by atoms with Gasteiger partial charge in [-0.2, -0.15) is 0 Å². The zero-order valence-electron chi connectivity index (χ0n) is 15.9. The van der Waals surface area contributed by atoms with Crippen molar-refractivity contribution in [2.75, 3.05) is 13.2 Å². The van der Waals surface area contributed by atoms with Crippen molar-refractivity contribution in [2.24, 2.45) is 0 Å². The highest BCUT2D eigenvalue weighted by atomic mass is 35.5. The smallest absolute Gasteiger partial charge is 0.293 e. The van der Waals surface area contributed by atoms with Crippen molar-refractivity contribution in [1.29, 1.82) is 0 Å². The molecule has 1 saturated heterocycles. The molecule has 0 spiro atoms. The second-order valence-electron chi connectivity index (χ2n) is 6.08. The highest BCUT2D eigenvalue weighted by Gasteiger charge is 2.35. The molecule has 1 aliphatic heterocycles. The predicted octanol–water partition coefficient (Wildman–Crippen LogP) is 6.03. The Kier molecular flexibility index (Phi) is 7.11. The summed E-state index contributed by atoms with van der Waals surface area (Å²) in [4.78, 5) is 26.7. The fourth-order valence-corrected chi connectivity index (χ4v) is 3.94. The number of nitrogens with zero attached hydrogens (tertiary/aromatic N) is 1. The maximum atomic E-state index is 12.8. The molecule has 3 rings (SSSR count). The van der Waals surface area contributed by atoms with Crippen LogP contribution in [0, 0.1) is 0 Å². The van der Waals surface area contributed by atoms with Crippen LogP contribution in [-0.4, -0.2) is 29.3 Å². The van der Waals surface area contributed by atoms with Gasteiger partial charge in [-0.05, 0) is 55.4 Å². The van der Waals surface area contributed by atoms with Crippen LogP contribution >= 0.6 is 35.0 Å². The fourth-order valence-electron chi connectivity index (χ4n) is 2.76. The molecule has 152 valence electrons. The summed E-state index contributed by atoms with van der Waals surface area (Å²) >= 11 is 13.1. The topological polar surface area (TPSA) is 55.8 Å². The fraction of sp³-hybridized carbons (Fsp3) is 0.238. The summed E-state index contributed by atoms with van der Waals surface area (Å²) in [6.07, 6.45) is 1.62. The van der Waals surface area contributed by atoms with Gasteiger partial charge in [0.2, 0.25) is 0 Å². The normalized spacial score (nSPS) is 15.3. The van der Waals surface area contributed by atoms with E-state index in [9.17, 15) is 9.59 Å². The lowest BCUT2D eigenvalue weighted by Gasteiger charge is -2.13. The highest BCUT2D eigenvalue weighted by molar-refractivity contribution is 8.18. The van der Waals surface area contributed by atoms with Crippen molar-refractivity contribution in [3.63, 3.8) is 0 Å². The molecule has 1 heterocycles. The Morgan fingerprint density at radius 3 is 2.31 bits per heavy atom. The van der Waals surface area contributed by atoms with E-state index in [1.165, 1.54) is 4.90 Å². The van der Waals surface area contributed by atoms with Gasteiger partial charge in [0.15, 0.2) is 0 Å². The van der Waals surface area contributed by atoms with E-state index in [1.807, 2.05) is 13.8 Å². The van der Waals surface area contributed by atoms with Gasteiger partial charge < -0.3 is 9.47 Å². The third-order valence-corrected chi connectivity index (χ3v) is 5.53. The third kappa shape index (κ3) is 5.07. The number of amides is 2. The maximum Gasteiger partial charge on any atom is 0.293 e. The molecule has 5 nitrogen and oxygen atoms in total. The van der Waals surface area contributed by atoms with Crippen LogP contribution in [-0.2, 0) is 11.3 Å². The second kappa shape index (κ2) is 9.57. The highest BCUT2D eigenvalue weighted by Crippen LogP contribution is 2.38. The summed E-state index contributed by atoms with van der Waals surface area (Å²) in [5.41, 5.74) is 1.43. The van der Waals surface area contributed by atoms with Crippen molar-refractivity contribution >= 4 is 52.2 Å². The summed E-state index contributed by atoms with van der Waals surface area (Å²) in [5, 5.41) is 0.673. The minimum atomic E-state index is -0.359. The van der Waals surface area contributed by atoms with Crippen LogP contribution in [0.15, 0.2) is 41.3 Å². The molecule has 0 saturated carbocycles. The number of benzene rings is 2. The van der Waals surface area contributed by atoms with Crippen molar-refractivity contribution in [2.45, 2.75) is 20.4 Å². The second-order valence-corrected chi connectivity index (χ2v) is 7.92. The SMILES string of the molecule is CCOc1cc(OCC)c(/C=C2\SC(=O)N(Cc3ccc(Cl)cc3)C2=O)cc1Cl. The van der Waals surface area contributed by atoms with E-state index in [2.05, 4.69) is 0 Å². The van der Waals surface area contributed by atoms with Gasteiger partial charge in [-0.3, -0.25) is 14.5 Å². The number of halogens is 2. The molecule has 2 aromatic rings. The van der Waals surface area contributed by atoms with Crippen molar-refractivity contribution in [3.8, 4) is 11.5 Å². The van der Waals surface area contributed by atoms with Gasteiger partial charge in [0.05, 0.1) is 29.7 Å². The number of imide groups is 1. The number of ether oxygens (including phenoxy) is 2. The van der Waals surface area contributed by atoms with Gasteiger partial charge >= 0.3 is 0 Å². The molecule has 1 aliphatic rings. The summed E-state index contributed by atoms with van der Waals surface area (Å²) in [6.45, 7) is 4.81. The molecule has 0 radical (unpaired) electrons. The van der Waals surface area contributed by atoms with E-state index in [4.69, 9.17) is 32.7 Å². The Balaban J connectivity index is 1.88. The number of thioether (sulfide) groups is 1. The minimum absolute atomic E-state index is 0.182. The predicted molar refractivity (Wildman–Crippen MR) is 117 cm³/mol. The summed E-state index contributed by atoms with van der Waals surface area (Å²) in [7, 11) is 0. The number of carbonyl (C=O) groups is 2. The molecule has 2 amide bonds. The molecule has 0 aliphatic carbocycles. The standard InChI is InChI=1S/C21H19Cl2NO4S/c1-3-27-17-11-18(28-4-2)16(23)9-14(17)10-19-20(25)24(21(26)29-19)12-13-5-7-15(22)8-6-13/h5-11H,3-4,12H2,1-2H3/b19-10-. The van der Waals surface area contributed by atoms with Gasteiger partial charge in [0, 0.05) is 16.7 Å². The van der Waals surface area contributed by atoms with Crippen LogP contribution in [0.5, 0.6) is 11.5 Å². The first-order chi connectivity index (χ1) is 13.9.